The van der Waals surface area contributed by atoms with Crippen LogP contribution in [0.1, 0.15) is 48.3 Å². The van der Waals surface area contributed by atoms with E-state index in [2.05, 4.69) is 58.2 Å². The molecule has 1 aromatic heterocycles. The van der Waals surface area contributed by atoms with Crippen molar-refractivity contribution < 1.29 is 4.74 Å². The Morgan fingerprint density at radius 2 is 1.74 bits per heavy atom. The van der Waals surface area contributed by atoms with E-state index in [0.717, 1.165) is 17.8 Å². The van der Waals surface area contributed by atoms with Crippen molar-refractivity contribution in [3.05, 3.63) is 77.5 Å². The Labute approximate surface area is 185 Å². The minimum Gasteiger partial charge on any atom is -0.463 e. The highest BCUT2D eigenvalue weighted by atomic mass is 16.5. The second-order valence-corrected chi connectivity index (χ2v) is 9.11. The highest BCUT2D eigenvalue weighted by Crippen LogP contribution is 2.41. The van der Waals surface area contributed by atoms with Gasteiger partial charge < -0.3 is 4.74 Å². The van der Waals surface area contributed by atoms with Gasteiger partial charge in [0.15, 0.2) is 0 Å². The Kier molecular flexibility index (Phi) is 5.99. The summed E-state index contributed by atoms with van der Waals surface area (Å²) in [7, 11) is 0. The smallest absolute Gasteiger partial charge is 0.316 e. The number of likely N-dealkylation sites (tertiary alicyclic amines) is 1. The van der Waals surface area contributed by atoms with Crippen LogP contribution >= 0.6 is 0 Å². The van der Waals surface area contributed by atoms with Gasteiger partial charge in [-0.3, -0.25) is 4.90 Å². The van der Waals surface area contributed by atoms with Crippen molar-refractivity contribution in [2.24, 2.45) is 5.92 Å². The highest BCUT2D eigenvalue weighted by molar-refractivity contribution is 5.63. The summed E-state index contributed by atoms with van der Waals surface area (Å²) in [5, 5.41) is 0. The molecule has 1 saturated heterocycles. The second kappa shape index (κ2) is 9.19. The standard InChI is InChI=1S/C27H31N3O/c1-20-6-2-3-7-25(20)26-12-13-28-27(29-26)31-19-22-16-24(17-22)23-10-8-21(9-11-23)18-30-14-4-5-15-30/h2-3,6-13,22,24H,4-5,14-19H2,1H3/t22-,24+. The van der Waals surface area contributed by atoms with Crippen LogP contribution in [0.5, 0.6) is 6.01 Å². The van der Waals surface area contributed by atoms with Gasteiger partial charge >= 0.3 is 6.01 Å². The molecule has 31 heavy (non-hydrogen) atoms. The van der Waals surface area contributed by atoms with E-state index in [1.54, 1.807) is 6.20 Å². The van der Waals surface area contributed by atoms with E-state index < -0.39 is 0 Å². The number of ether oxygens (including phenoxy) is 1. The lowest BCUT2D eigenvalue weighted by atomic mass is 9.72. The van der Waals surface area contributed by atoms with E-state index in [4.69, 9.17) is 4.74 Å². The SMILES string of the molecule is Cc1ccccc1-c1ccnc(OC[C@H]2C[C@@H](c3ccc(CN4CCCC4)cc3)C2)n1. The molecule has 0 amide bonds. The maximum atomic E-state index is 5.96. The van der Waals surface area contributed by atoms with Crippen LogP contribution in [0.3, 0.4) is 0 Å². The maximum absolute atomic E-state index is 5.96. The number of hydrogen-bond donors (Lipinski definition) is 0. The Bertz CT molecular complexity index is 1000. The van der Waals surface area contributed by atoms with Crippen LogP contribution in [0.15, 0.2) is 60.8 Å². The van der Waals surface area contributed by atoms with Crippen LogP contribution in [0.2, 0.25) is 0 Å². The van der Waals surface area contributed by atoms with E-state index in [9.17, 15) is 0 Å². The molecule has 0 N–H and O–H groups in total. The molecular formula is C27H31N3O. The van der Waals surface area contributed by atoms with E-state index in [0.29, 0.717) is 24.5 Å². The number of rotatable bonds is 7. The van der Waals surface area contributed by atoms with E-state index >= 15 is 0 Å². The van der Waals surface area contributed by atoms with Crippen LogP contribution in [0.25, 0.3) is 11.3 Å². The van der Waals surface area contributed by atoms with Crippen LogP contribution in [-0.4, -0.2) is 34.6 Å². The van der Waals surface area contributed by atoms with Gasteiger partial charge in [-0.05, 0) is 80.3 Å². The van der Waals surface area contributed by atoms with Gasteiger partial charge in [-0.25, -0.2) is 4.98 Å². The van der Waals surface area contributed by atoms with Gasteiger partial charge in [0.2, 0.25) is 0 Å². The predicted molar refractivity (Wildman–Crippen MR) is 124 cm³/mol. The summed E-state index contributed by atoms with van der Waals surface area (Å²) < 4.78 is 5.96. The monoisotopic (exact) mass is 413 g/mol. The summed E-state index contributed by atoms with van der Waals surface area (Å²) in [4.78, 5) is 11.5. The van der Waals surface area contributed by atoms with Gasteiger partial charge in [-0.15, -0.1) is 0 Å². The van der Waals surface area contributed by atoms with Crippen molar-refractivity contribution in [1.82, 2.24) is 14.9 Å². The molecule has 5 rings (SSSR count). The molecule has 3 aromatic rings. The molecule has 1 aliphatic carbocycles. The zero-order valence-electron chi connectivity index (χ0n) is 18.3. The van der Waals surface area contributed by atoms with Gasteiger partial charge in [0.25, 0.3) is 0 Å². The molecule has 2 aliphatic rings. The third kappa shape index (κ3) is 4.80. The fraction of sp³-hybridized carbons (Fsp3) is 0.407. The summed E-state index contributed by atoms with van der Waals surface area (Å²) in [6.07, 6.45) is 6.86. The van der Waals surface area contributed by atoms with Crippen molar-refractivity contribution in [1.29, 1.82) is 0 Å². The molecule has 2 aromatic carbocycles. The van der Waals surface area contributed by atoms with Crippen LogP contribution in [0.4, 0.5) is 0 Å². The Morgan fingerprint density at radius 3 is 2.52 bits per heavy atom. The van der Waals surface area contributed by atoms with Crippen LogP contribution in [0, 0.1) is 12.8 Å². The quantitative estimate of drug-likeness (QED) is 0.504. The van der Waals surface area contributed by atoms with E-state index in [1.165, 1.54) is 55.5 Å². The van der Waals surface area contributed by atoms with Crippen LogP contribution in [-0.2, 0) is 6.54 Å². The molecule has 0 radical (unpaired) electrons. The predicted octanol–water partition coefficient (Wildman–Crippen LogP) is 5.62. The lowest BCUT2D eigenvalue weighted by molar-refractivity contribution is 0.149. The zero-order valence-corrected chi connectivity index (χ0v) is 18.3. The topological polar surface area (TPSA) is 38.2 Å². The van der Waals surface area contributed by atoms with Gasteiger partial charge in [0.05, 0.1) is 12.3 Å². The number of aryl methyl sites for hydroxylation is 1. The van der Waals surface area contributed by atoms with Crippen molar-refractivity contribution in [3.63, 3.8) is 0 Å². The number of benzene rings is 2. The maximum Gasteiger partial charge on any atom is 0.316 e. The first kappa shape index (κ1) is 20.2. The summed E-state index contributed by atoms with van der Waals surface area (Å²) in [5.41, 5.74) is 6.17. The first-order valence-corrected chi connectivity index (χ1v) is 11.6. The van der Waals surface area contributed by atoms with Crippen LogP contribution < -0.4 is 4.74 Å². The molecular weight excluding hydrogens is 382 g/mol. The number of nitrogens with zero attached hydrogens (tertiary/aromatic N) is 3. The van der Waals surface area contributed by atoms with Crippen molar-refractivity contribution in [2.45, 2.75) is 45.1 Å². The van der Waals surface area contributed by atoms with Gasteiger partial charge in [0.1, 0.15) is 0 Å². The van der Waals surface area contributed by atoms with E-state index in [1.807, 2.05) is 18.2 Å². The normalized spacial score (nSPS) is 21.1. The molecule has 0 bridgehead atoms. The summed E-state index contributed by atoms with van der Waals surface area (Å²) in [5.74, 6) is 1.24. The highest BCUT2D eigenvalue weighted by Gasteiger charge is 2.31. The fourth-order valence-electron chi connectivity index (χ4n) is 4.85. The van der Waals surface area contributed by atoms with Gasteiger partial charge in [0, 0.05) is 18.3 Å². The first-order chi connectivity index (χ1) is 15.2. The summed E-state index contributed by atoms with van der Waals surface area (Å²) in [6.45, 7) is 6.41. The number of aromatic nitrogens is 2. The van der Waals surface area contributed by atoms with Crippen molar-refractivity contribution in [2.75, 3.05) is 19.7 Å². The molecule has 0 unspecified atom stereocenters. The lowest BCUT2D eigenvalue weighted by Gasteiger charge is -2.35. The van der Waals surface area contributed by atoms with Gasteiger partial charge in [-0.2, -0.15) is 4.98 Å². The molecule has 1 aliphatic heterocycles. The molecule has 0 spiro atoms. The molecule has 1 saturated carbocycles. The molecule has 2 heterocycles. The third-order valence-corrected chi connectivity index (χ3v) is 6.79. The molecule has 0 atom stereocenters. The minimum atomic E-state index is 0.482. The number of hydrogen-bond acceptors (Lipinski definition) is 4. The van der Waals surface area contributed by atoms with E-state index in [-0.39, 0.29) is 0 Å². The average Bonchev–Trinajstić information content (AvgIpc) is 3.27. The summed E-state index contributed by atoms with van der Waals surface area (Å²) >= 11 is 0. The van der Waals surface area contributed by atoms with Gasteiger partial charge in [-0.1, -0.05) is 48.5 Å². The Morgan fingerprint density at radius 1 is 0.968 bits per heavy atom. The Hall–Kier alpha value is -2.72. The van der Waals surface area contributed by atoms with Crippen molar-refractivity contribution in [3.8, 4) is 17.3 Å². The first-order valence-electron chi connectivity index (χ1n) is 11.6. The van der Waals surface area contributed by atoms with Crippen molar-refractivity contribution >= 4 is 0 Å². The largest absolute Gasteiger partial charge is 0.463 e. The molecule has 4 heteroatoms. The zero-order chi connectivity index (χ0) is 21.0. The third-order valence-electron chi connectivity index (χ3n) is 6.79. The second-order valence-electron chi connectivity index (χ2n) is 9.11. The molecule has 2 fully saturated rings. The average molecular weight is 414 g/mol. The summed E-state index contributed by atoms with van der Waals surface area (Å²) in [6, 6.07) is 20.0. The molecule has 160 valence electrons. The Balaban J connectivity index is 1.11. The minimum absolute atomic E-state index is 0.482. The fourth-order valence-corrected chi connectivity index (χ4v) is 4.85. The molecule has 4 nitrogen and oxygen atoms in total. The lowest BCUT2D eigenvalue weighted by Crippen LogP contribution is -2.27.